The van der Waals surface area contributed by atoms with E-state index in [0.29, 0.717) is 28.5 Å². The van der Waals surface area contributed by atoms with Crippen molar-refractivity contribution in [3.63, 3.8) is 0 Å². The largest absolute Gasteiger partial charge is 0.369 e. The fraction of sp³-hybridized carbons (Fsp3) is 0.172. The van der Waals surface area contributed by atoms with Gasteiger partial charge < -0.3 is 26.2 Å². The SMILES string of the molecule is Cc1ccc(NC(=O)c2ccccc2)cc1C(=O)Nc1cnc(Nc2ccc(N3CCNCC3)cc2)nc1. The lowest BCUT2D eigenvalue weighted by atomic mass is 10.1. The highest BCUT2D eigenvalue weighted by atomic mass is 16.2. The molecule has 4 N–H and O–H groups in total. The van der Waals surface area contributed by atoms with Crippen molar-refractivity contribution in [2.24, 2.45) is 0 Å². The summed E-state index contributed by atoms with van der Waals surface area (Å²) in [5, 5.41) is 12.2. The number of carbonyl (C=O) groups is 2. The van der Waals surface area contributed by atoms with Crippen LogP contribution in [0, 0.1) is 6.92 Å². The molecule has 9 heteroatoms. The lowest BCUT2D eigenvalue weighted by molar-refractivity contribution is 0.101. The van der Waals surface area contributed by atoms with Gasteiger partial charge in [0.15, 0.2) is 0 Å². The van der Waals surface area contributed by atoms with Gasteiger partial charge in [0.1, 0.15) is 0 Å². The quantitative estimate of drug-likeness (QED) is 0.293. The molecule has 3 aromatic carbocycles. The van der Waals surface area contributed by atoms with Crippen LogP contribution in [-0.4, -0.2) is 48.0 Å². The molecule has 0 bridgehead atoms. The number of rotatable bonds is 7. The standard InChI is InChI=1S/C29H29N7O2/c1-20-7-8-23(33-27(37)21-5-3-2-4-6-21)17-26(20)28(38)34-24-18-31-29(32-19-24)35-22-9-11-25(12-10-22)36-15-13-30-14-16-36/h2-12,17-19,30H,13-16H2,1H3,(H,33,37)(H,34,38)(H,31,32,35). The Morgan fingerprint density at radius 1 is 0.789 bits per heavy atom. The van der Waals surface area contributed by atoms with Crippen LogP contribution in [0.5, 0.6) is 0 Å². The number of nitrogens with one attached hydrogen (secondary N) is 4. The highest BCUT2D eigenvalue weighted by Crippen LogP contribution is 2.21. The first-order chi connectivity index (χ1) is 18.5. The molecule has 38 heavy (non-hydrogen) atoms. The van der Waals surface area contributed by atoms with Crippen LogP contribution in [-0.2, 0) is 0 Å². The van der Waals surface area contributed by atoms with Crippen LogP contribution in [0.25, 0.3) is 0 Å². The van der Waals surface area contributed by atoms with E-state index in [4.69, 9.17) is 0 Å². The second-order valence-corrected chi connectivity index (χ2v) is 9.01. The van der Waals surface area contributed by atoms with Gasteiger partial charge in [0.05, 0.1) is 18.1 Å². The fourth-order valence-corrected chi connectivity index (χ4v) is 4.20. The number of benzene rings is 3. The summed E-state index contributed by atoms with van der Waals surface area (Å²) in [6.07, 6.45) is 3.11. The van der Waals surface area contributed by atoms with Gasteiger partial charge in [-0.1, -0.05) is 24.3 Å². The maximum absolute atomic E-state index is 13.0. The molecule has 0 saturated carbocycles. The van der Waals surface area contributed by atoms with Gasteiger partial charge in [-0.05, 0) is 61.0 Å². The number of hydrogen-bond acceptors (Lipinski definition) is 7. The van der Waals surface area contributed by atoms with Gasteiger partial charge in [-0.25, -0.2) is 9.97 Å². The Hall–Kier alpha value is -4.76. The predicted molar refractivity (Wildman–Crippen MR) is 150 cm³/mol. The Morgan fingerprint density at radius 3 is 2.16 bits per heavy atom. The summed E-state index contributed by atoms with van der Waals surface area (Å²) in [5.41, 5.74) is 4.84. The Bertz CT molecular complexity index is 1400. The van der Waals surface area contributed by atoms with Crippen LogP contribution in [0.3, 0.4) is 0 Å². The smallest absolute Gasteiger partial charge is 0.256 e. The first-order valence-electron chi connectivity index (χ1n) is 12.5. The summed E-state index contributed by atoms with van der Waals surface area (Å²) in [4.78, 5) is 36.5. The molecule has 9 nitrogen and oxygen atoms in total. The third-order valence-electron chi connectivity index (χ3n) is 6.29. The first kappa shape index (κ1) is 24.9. The molecule has 1 fully saturated rings. The molecule has 2 amide bonds. The summed E-state index contributed by atoms with van der Waals surface area (Å²) >= 11 is 0. The molecule has 1 aliphatic heterocycles. The molecule has 2 heterocycles. The van der Waals surface area contributed by atoms with Gasteiger partial charge in [0, 0.05) is 54.4 Å². The van der Waals surface area contributed by atoms with Gasteiger partial charge in [-0.15, -0.1) is 0 Å². The van der Waals surface area contributed by atoms with Crippen LogP contribution in [0.4, 0.5) is 28.7 Å². The normalized spacial score (nSPS) is 13.0. The summed E-state index contributed by atoms with van der Waals surface area (Å²) < 4.78 is 0. The maximum Gasteiger partial charge on any atom is 0.256 e. The highest BCUT2D eigenvalue weighted by molar-refractivity contribution is 6.08. The molecule has 5 rings (SSSR count). The van der Waals surface area contributed by atoms with Gasteiger partial charge in [-0.3, -0.25) is 9.59 Å². The molecular formula is C29H29N7O2. The Morgan fingerprint density at radius 2 is 1.45 bits per heavy atom. The van der Waals surface area contributed by atoms with Gasteiger partial charge in [-0.2, -0.15) is 0 Å². The van der Waals surface area contributed by atoms with Gasteiger partial charge in [0.2, 0.25) is 5.95 Å². The summed E-state index contributed by atoms with van der Waals surface area (Å²) in [7, 11) is 0. The van der Waals surface area contributed by atoms with E-state index in [1.54, 1.807) is 54.9 Å². The average Bonchev–Trinajstić information content (AvgIpc) is 2.96. The molecule has 0 radical (unpaired) electrons. The zero-order valence-corrected chi connectivity index (χ0v) is 21.1. The summed E-state index contributed by atoms with van der Waals surface area (Å²) in [5.74, 6) is -0.124. The molecule has 4 aromatic rings. The molecule has 0 unspecified atom stereocenters. The molecule has 1 aromatic heterocycles. The number of nitrogens with zero attached hydrogens (tertiary/aromatic N) is 3. The molecular weight excluding hydrogens is 478 g/mol. The van der Waals surface area contributed by atoms with E-state index in [1.807, 2.05) is 25.1 Å². The lowest BCUT2D eigenvalue weighted by Gasteiger charge is -2.29. The summed E-state index contributed by atoms with van der Waals surface area (Å²) in [6.45, 7) is 5.82. The molecule has 0 spiro atoms. The zero-order valence-electron chi connectivity index (χ0n) is 21.1. The van der Waals surface area contributed by atoms with Crippen LogP contribution < -0.4 is 26.2 Å². The zero-order chi connectivity index (χ0) is 26.3. The second kappa shape index (κ2) is 11.5. The van der Waals surface area contributed by atoms with Crippen molar-refractivity contribution in [3.8, 4) is 0 Å². The second-order valence-electron chi connectivity index (χ2n) is 9.01. The van der Waals surface area contributed by atoms with Crippen LogP contribution in [0.15, 0.2) is 85.2 Å². The Labute approximate surface area is 221 Å². The number of aryl methyl sites for hydroxylation is 1. The van der Waals surface area contributed by atoms with Crippen LogP contribution in [0.1, 0.15) is 26.3 Å². The van der Waals surface area contributed by atoms with E-state index in [0.717, 1.165) is 37.4 Å². The predicted octanol–water partition coefficient (Wildman–Crippen LogP) is 4.44. The van der Waals surface area contributed by atoms with Crippen molar-refractivity contribution in [1.29, 1.82) is 0 Å². The van der Waals surface area contributed by atoms with E-state index < -0.39 is 0 Å². The van der Waals surface area contributed by atoms with Crippen molar-refractivity contribution in [3.05, 3.63) is 102 Å². The molecule has 1 aliphatic rings. The first-order valence-corrected chi connectivity index (χ1v) is 12.5. The Balaban J connectivity index is 1.20. The van der Waals surface area contributed by atoms with Gasteiger partial charge >= 0.3 is 0 Å². The van der Waals surface area contributed by atoms with E-state index in [1.165, 1.54) is 5.69 Å². The summed E-state index contributed by atoms with van der Waals surface area (Å²) in [6, 6.07) is 22.3. The minimum atomic E-state index is -0.314. The Kier molecular flexibility index (Phi) is 7.56. The third kappa shape index (κ3) is 6.13. The minimum Gasteiger partial charge on any atom is -0.369 e. The topological polar surface area (TPSA) is 111 Å². The van der Waals surface area contributed by atoms with Crippen molar-refractivity contribution in [2.45, 2.75) is 6.92 Å². The number of piperazine rings is 1. The van der Waals surface area contributed by atoms with Crippen LogP contribution >= 0.6 is 0 Å². The van der Waals surface area contributed by atoms with Crippen LogP contribution in [0.2, 0.25) is 0 Å². The van der Waals surface area contributed by atoms with Crippen molar-refractivity contribution < 1.29 is 9.59 Å². The highest BCUT2D eigenvalue weighted by Gasteiger charge is 2.14. The van der Waals surface area contributed by atoms with Gasteiger partial charge in [0.25, 0.3) is 11.8 Å². The molecule has 1 saturated heterocycles. The van der Waals surface area contributed by atoms with E-state index in [-0.39, 0.29) is 11.8 Å². The maximum atomic E-state index is 13.0. The molecule has 192 valence electrons. The van der Waals surface area contributed by atoms with E-state index in [2.05, 4.69) is 48.3 Å². The lowest BCUT2D eigenvalue weighted by Crippen LogP contribution is -2.43. The van der Waals surface area contributed by atoms with E-state index >= 15 is 0 Å². The third-order valence-corrected chi connectivity index (χ3v) is 6.29. The van der Waals surface area contributed by atoms with E-state index in [9.17, 15) is 9.59 Å². The number of carbonyl (C=O) groups excluding carboxylic acids is 2. The number of hydrogen-bond donors (Lipinski definition) is 4. The van der Waals surface area contributed by atoms with Crippen molar-refractivity contribution in [1.82, 2.24) is 15.3 Å². The average molecular weight is 508 g/mol. The monoisotopic (exact) mass is 507 g/mol. The number of amides is 2. The minimum absolute atomic E-state index is 0.240. The van der Waals surface area contributed by atoms with Crippen molar-refractivity contribution >= 4 is 40.5 Å². The fourth-order valence-electron chi connectivity index (χ4n) is 4.20. The number of aromatic nitrogens is 2. The molecule has 0 atom stereocenters. The molecule has 0 aliphatic carbocycles. The van der Waals surface area contributed by atoms with Crippen molar-refractivity contribution in [2.75, 3.05) is 47.0 Å². The number of anilines is 5.